The van der Waals surface area contributed by atoms with E-state index >= 15 is 0 Å². The molecule has 0 saturated carbocycles. The lowest BCUT2D eigenvalue weighted by Gasteiger charge is -2.08. The van der Waals surface area contributed by atoms with E-state index in [1.54, 1.807) is 36.4 Å². The van der Waals surface area contributed by atoms with E-state index in [2.05, 4.69) is 20.9 Å². The molecule has 0 fully saturated rings. The van der Waals surface area contributed by atoms with Crippen molar-refractivity contribution in [1.82, 2.24) is 20.3 Å². The molecule has 0 aliphatic carbocycles. The van der Waals surface area contributed by atoms with Crippen molar-refractivity contribution >= 4 is 23.3 Å². The second-order valence-electron chi connectivity index (χ2n) is 6.07. The van der Waals surface area contributed by atoms with E-state index in [1.165, 1.54) is 19.2 Å². The third-order valence-electron chi connectivity index (χ3n) is 4.00. The number of amides is 2. The van der Waals surface area contributed by atoms with Crippen molar-refractivity contribution in [1.29, 1.82) is 0 Å². The summed E-state index contributed by atoms with van der Waals surface area (Å²) in [5, 5.41) is 12.8. The number of carbonyl (C=O) groups is 2. The third kappa shape index (κ3) is 5.06. The van der Waals surface area contributed by atoms with E-state index in [0.29, 0.717) is 17.0 Å². The van der Waals surface area contributed by atoms with Crippen LogP contribution in [0.5, 0.6) is 5.75 Å². The Labute approximate surface area is 165 Å². The zero-order chi connectivity index (χ0) is 20.8. The fourth-order valence-corrected chi connectivity index (χ4v) is 2.50. The van der Waals surface area contributed by atoms with E-state index < -0.39 is 11.8 Å². The molecule has 2 aromatic carbocycles. The summed E-state index contributed by atoms with van der Waals surface area (Å²) in [7, 11) is 1.53. The van der Waals surface area contributed by atoms with Crippen LogP contribution in [0.25, 0.3) is 0 Å². The molecule has 9 nitrogen and oxygen atoms in total. The molecule has 10 heteroatoms. The molecule has 1 aromatic heterocycles. The quantitative estimate of drug-likeness (QED) is 0.555. The molecule has 0 aliphatic heterocycles. The first-order valence-corrected chi connectivity index (χ1v) is 8.62. The van der Waals surface area contributed by atoms with Gasteiger partial charge in [-0.3, -0.25) is 9.59 Å². The van der Waals surface area contributed by atoms with Crippen molar-refractivity contribution in [3.05, 3.63) is 65.6 Å². The average molecular weight is 398 g/mol. The number of hydrogen-bond acceptors (Lipinski definition) is 6. The summed E-state index contributed by atoms with van der Waals surface area (Å²) < 4.78 is 19.2. The highest BCUT2D eigenvalue weighted by Crippen LogP contribution is 2.17. The maximum Gasteiger partial charge on any atom is 0.275 e. The number of hydrogen-bond donors (Lipinski definition) is 3. The van der Waals surface area contributed by atoms with Crippen LogP contribution in [-0.4, -0.2) is 33.9 Å². The van der Waals surface area contributed by atoms with Crippen molar-refractivity contribution in [3.8, 4) is 5.75 Å². The second kappa shape index (κ2) is 8.83. The summed E-state index contributed by atoms with van der Waals surface area (Å²) in [4.78, 5) is 24.5. The van der Waals surface area contributed by atoms with Gasteiger partial charge < -0.3 is 21.1 Å². The molecule has 0 radical (unpaired) electrons. The number of aromatic nitrogens is 3. The molecule has 0 spiro atoms. The van der Waals surface area contributed by atoms with E-state index in [9.17, 15) is 14.0 Å². The van der Waals surface area contributed by atoms with Crippen LogP contribution in [0.4, 0.5) is 15.9 Å². The molecule has 0 aliphatic rings. The molecule has 2 amide bonds. The van der Waals surface area contributed by atoms with Gasteiger partial charge in [0.1, 0.15) is 18.1 Å². The summed E-state index contributed by atoms with van der Waals surface area (Å²) in [5.41, 5.74) is 7.07. The maximum absolute atomic E-state index is 12.9. The first-order chi connectivity index (χ1) is 14.0. The van der Waals surface area contributed by atoms with Gasteiger partial charge in [-0.2, -0.15) is 0 Å². The predicted molar refractivity (Wildman–Crippen MR) is 104 cm³/mol. The highest BCUT2D eigenvalue weighted by atomic mass is 19.1. The minimum Gasteiger partial charge on any atom is -0.497 e. The number of nitrogens with zero attached hydrogens (tertiary/aromatic N) is 3. The molecule has 4 N–H and O–H groups in total. The van der Waals surface area contributed by atoms with Crippen LogP contribution in [0, 0.1) is 5.82 Å². The van der Waals surface area contributed by atoms with Gasteiger partial charge in [0.15, 0.2) is 11.5 Å². The van der Waals surface area contributed by atoms with Crippen molar-refractivity contribution in [3.63, 3.8) is 0 Å². The van der Waals surface area contributed by atoms with Crippen molar-refractivity contribution in [2.75, 3.05) is 18.2 Å². The van der Waals surface area contributed by atoms with Gasteiger partial charge in [0.05, 0.1) is 7.11 Å². The SMILES string of the molecule is COc1cccc(NC(=O)Cn2nnc(C(=O)NCc3ccc(F)cc3)c2N)c1. The van der Waals surface area contributed by atoms with Crippen LogP contribution >= 0.6 is 0 Å². The predicted octanol–water partition coefficient (Wildman–Crippen LogP) is 1.58. The maximum atomic E-state index is 12.9. The lowest BCUT2D eigenvalue weighted by Crippen LogP contribution is -2.25. The summed E-state index contributed by atoms with van der Waals surface area (Å²) in [5.74, 6) is -0.746. The van der Waals surface area contributed by atoms with Crippen LogP contribution in [0.1, 0.15) is 16.1 Å². The largest absolute Gasteiger partial charge is 0.497 e. The van der Waals surface area contributed by atoms with E-state index in [0.717, 1.165) is 4.68 Å². The summed E-state index contributed by atoms with van der Waals surface area (Å²) in [6.07, 6.45) is 0. The fraction of sp³-hybridized carbons (Fsp3) is 0.158. The molecular weight excluding hydrogens is 379 g/mol. The Balaban J connectivity index is 1.59. The summed E-state index contributed by atoms with van der Waals surface area (Å²) >= 11 is 0. The van der Waals surface area contributed by atoms with Crippen LogP contribution < -0.4 is 21.1 Å². The first kappa shape index (κ1) is 19.8. The fourth-order valence-electron chi connectivity index (χ4n) is 2.50. The number of nitrogen functional groups attached to an aromatic ring is 1. The first-order valence-electron chi connectivity index (χ1n) is 8.62. The van der Waals surface area contributed by atoms with Crippen molar-refractivity contribution in [2.45, 2.75) is 13.1 Å². The van der Waals surface area contributed by atoms with Gasteiger partial charge in [-0.1, -0.05) is 23.4 Å². The lowest BCUT2D eigenvalue weighted by molar-refractivity contribution is -0.116. The van der Waals surface area contributed by atoms with E-state index in [4.69, 9.17) is 10.5 Å². The zero-order valence-corrected chi connectivity index (χ0v) is 15.6. The molecule has 29 heavy (non-hydrogen) atoms. The molecule has 0 atom stereocenters. The second-order valence-corrected chi connectivity index (χ2v) is 6.07. The zero-order valence-electron chi connectivity index (χ0n) is 15.6. The van der Waals surface area contributed by atoms with Crippen LogP contribution in [0.3, 0.4) is 0 Å². The van der Waals surface area contributed by atoms with E-state index in [-0.39, 0.29) is 30.4 Å². The average Bonchev–Trinajstić information content (AvgIpc) is 3.07. The Morgan fingerprint density at radius 1 is 1.21 bits per heavy atom. The number of methoxy groups -OCH3 is 1. The summed E-state index contributed by atoms with van der Waals surface area (Å²) in [6, 6.07) is 12.6. The van der Waals surface area contributed by atoms with Gasteiger partial charge in [0.2, 0.25) is 5.91 Å². The molecule has 0 bridgehead atoms. The number of carbonyl (C=O) groups excluding carboxylic acids is 2. The van der Waals surface area contributed by atoms with Crippen molar-refractivity contribution < 1.29 is 18.7 Å². The topological polar surface area (TPSA) is 124 Å². The molecule has 0 saturated heterocycles. The van der Waals surface area contributed by atoms with E-state index in [1.807, 2.05) is 0 Å². The van der Waals surface area contributed by atoms with Crippen LogP contribution in [-0.2, 0) is 17.9 Å². The number of nitrogens with two attached hydrogens (primary N) is 1. The van der Waals surface area contributed by atoms with Gasteiger partial charge >= 0.3 is 0 Å². The highest BCUT2D eigenvalue weighted by Gasteiger charge is 2.18. The Bertz CT molecular complexity index is 1020. The summed E-state index contributed by atoms with van der Waals surface area (Å²) in [6.45, 7) is -0.0526. The number of rotatable bonds is 7. The van der Waals surface area contributed by atoms with Gasteiger partial charge in [0.25, 0.3) is 5.91 Å². The van der Waals surface area contributed by atoms with Crippen LogP contribution in [0.15, 0.2) is 48.5 Å². The highest BCUT2D eigenvalue weighted by molar-refractivity contribution is 5.96. The van der Waals surface area contributed by atoms with Crippen molar-refractivity contribution in [2.24, 2.45) is 0 Å². The van der Waals surface area contributed by atoms with Gasteiger partial charge in [-0.15, -0.1) is 5.10 Å². The number of benzene rings is 2. The smallest absolute Gasteiger partial charge is 0.275 e. The molecule has 3 aromatic rings. The molecule has 3 rings (SSSR count). The minimum absolute atomic E-state index is 0.0394. The Morgan fingerprint density at radius 3 is 2.69 bits per heavy atom. The lowest BCUT2D eigenvalue weighted by atomic mass is 10.2. The Morgan fingerprint density at radius 2 is 1.97 bits per heavy atom. The molecule has 150 valence electrons. The molecule has 0 unspecified atom stereocenters. The number of nitrogens with one attached hydrogen (secondary N) is 2. The van der Waals surface area contributed by atoms with Gasteiger partial charge in [-0.25, -0.2) is 9.07 Å². The number of ether oxygens (including phenoxy) is 1. The molecular formula is C19H19FN6O3. The standard InChI is InChI=1S/C19H19FN6O3/c1-29-15-4-2-3-14(9-15)23-16(27)11-26-18(21)17(24-25-26)19(28)22-10-12-5-7-13(20)8-6-12/h2-9H,10-11,21H2,1H3,(H,22,28)(H,23,27). The Hall–Kier alpha value is -3.95. The normalized spacial score (nSPS) is 10.4. The number of halogens is 1. The third-order valence-corrected chi connectivity index (χ3v) is 4.00. The Kier molecular flexibility index (Phi) is 6.03. The number of anilines is 2. The monoisotopic (exact) mass is 398 g/mol. The van der Waals surface area contributed by atoms with Crippen LogP contribution in [0.2, 0.25) is 0 Å². The molecule has 1 heterocycles. The minimum atomic E-state index is -0.550. The van der Waals surface area contributed by atoms with Gasteiger partial charge in [0, 0.05) is 18.3 Å². The van der Waals surface area contributed by atoms with Gasteiger partial charge in [-0.05, 0) is 29.8 Å².